The van der Waals surface area contributed by atoms with Crippen molar-refractivity contribution in [2.24, 2.45) is 0 Å². The Bertz CT molecular complexity index is 1310. The number of aromatic nitrogens is 4. The molecule has 3 aromatic heterocycles. The molecule has 5 heteroatoms. The van der Waals surface area contributed by atoms with Crippen LogP contribution in [0.1, 0.15) is 37.4 Å². The Morgan fingerprint density at radius 3 is 2.79 bits per heavy atom. The summed E-state index contributed by atoms with van der Waals surface area (Å²) in [6.45, 7) is 0. The molecule has 2 aromatic carbocycles. The second-order valence-corrected chi connectivity index (χ2v) is 7.71. The number of H-pyrrole nitrogens is 2. The van der Waals surface area contributed by atoms with Gasteiger partial charge in [0.25, 0.3) is 0 Å². The fourth-order valence-electron chi connectivity index (χ4n) is 4.45. The molecule has 1 fully saturated rings. The lowest BCUT2D eigenvalue weighted by atomic mass is 10.1. The molecule has 5 nitrogen and oxygen atoms in total. The lowest BCUT2D eigenvalue weighted by Crippen LogP contribution is -1.96. The summed E-state index contributed by atoms with van der Waals surface area (Å²) in [6.07, 6.45) is 6.99. The van der Waals surface area contributed by atoms with E-state index in [1.165, 1.54) is 31.1 Å². The summed E-state index contributed by atoms with van der Waals surface area (Å²) in [6, 6.07) is 16.6. The number of nitrogens with zero attached hydrogens (tertiary/aromatic N) is 2. The van der Waals surface area contributed by atoms with E-state index in [2.05, 4.69) is 57.7 Å². The first-order chi connectivity index (χ1) is 13.8. The Kier molecular flexibility index (Phi) is 3.41. The van der Waals surface area contributed by atoms with Crippen LogP contribution < -0.4 is 5.32 Å². The number of fused-ring (bicyclic) bond motifs is 4. The Morgan fingerprint density at radius 2 is 1.86 bits per heavy atom. The Balaban J connectivity index is 1.52. The number of aromatic amines is 2. The molecule has 0 bridgehead atoms. The van der Waals surface area contributed by atoms with Crippen LogP contribution in [0.5, 0.6) is 0 Å². The maximum atomic E-state index is 5.03. The number of para-hydroxylation sites is 1. The van der Waals surface area contributed by atoms with Crippen molar-refractivity contribution in [1.29, 1.82) is 0 Å². The minimum atomic E-state index is 0.536. The molecule has 3 heterocycles. The van der Waals surface area contributed by atoms with Gasteiger partial charge in [-0.2, -0.15) is 0 Å². The summed E-state index contributed by atoms with van der Waals surface area (Å²) in [4.78, 5) is 16.8. The van der Waals surface area contributed by atoms with Crippen molar-refractivity contribution < 1.29 is 0 Å². The molecule has 0 unspecified atom stereocenters. The molecule has 3 N–H and O–H groups in total. The summed E-state index contributed by atoms with van der Waals surface area (Å²) in [5, 5.41) is 5.82. The van der Waals surface area contributed by atoms with Crippen molar-refractivity contribution >= 4 is 44.3 Å². The van der Waals surface area contributed by atoms with E-state index in [4.69, 9.17) is 9.97 Å². The third-order valence-corrected chi connectivity index (χ3v) is 5.91. The van der Waals surface area contributed by atoms with Gasteiger partial charge in [0.2, 0.25) is 0 Å². The third-order valence-electron chi connectivity index (χ3n) is 5.91. The molecular weight excluding hydrogens is 346 g/mol. The van der Waals surface area contributed by atoms with Crippen LogP contribution in [0.4, 0.5) is 11.5 Å². The lowest BCUT2D eigenvalue weighted by molar-refractivity contribution is 0.681. The Labute approximate surface area is 162 Å². The van der Waals surface area contributed by atoms with Crippen LogP contribution in [0, 0.1) is 0 Å². The molecule has 0 saturated heterocycles. The van der Waals surface area contributed by atoms with E-state index in [0.29, 0.717) is 5.92 Å². The van der Waals surface area contributed by atoms with E-state index in [9.17, 15) is 0 Å². The summed E-state index contributed by atoms with van der Waals surface area (Å²) in [5.41, 5.74) is 5.08. The van der Waals surface area contributed by atoms with Crippen molar-refractivity contribution in [3.63, 3.8) is 0 Å². The Morgan fingerprint density at radius 1 is 0.964 bits per heavy atom. The number of rotatable bonds is 3. The van der Waals surface area contributed by atoms with Crippen molar-refractivity contribution in [2.45, 2.75) is 31.6 Å². The number of benzene rings is 2. The zero-order valence-corrected chi connectivity index (χ0v) is 15.5. The van der Waals surface area contributed by atoms with Crippen LogP contribution in [0.2, 0.25) is 0 Å². The predicted molar refractivity (Wildman–Crippen MR) is 114 cm³/mol. The highest BCUT2D eigenvalue weighted by molar-refractivity contribution is 6.07. The zero-order chi connectivity index (χ0) is 18.5. The number of anilines is 2. The van der Waals surface area contributed by atoms with Gasteiger partial charge in [-0.1, -0.05) is 37.1 Å². The highest BCUT2D eigenvalue weighted by Crippen LogP contribution is 2.36. The van der Waals surface area contributed by atoms with Crippen LogP contribution in [0.25, 0.3) is 32.8 Å². The van der Waals surface area contributed by atoms with Gasteiger partial charge in [-0.3, -0.25) is 0 Å². The van der Waals surface area contributed by atoms with Crippen LogP contribution in [0.15, 0.2) is 54.7 Å². The predicted octanol–water partition coefficient (Wildman–Crippen LogP) is 5.99. The maximum absolute atomic E-state index is 5.03. The highest BCUT2D eigenvalue weighted by Gasteiger charge is 2.22. The first kappa shape index (κ1) is 15.7. The number of hydrogen-bond acceptors (Lipinski definition) is 3. The normalized spacial score (nSPS) is 15.1. The summed E-state index contributed by atoms with van der Waals surface area (Å²) in [7, 11) is 0. The second kappa shape index (κ2) is 6.09. The van der Waals surface area contributed by atoms with Gasteiger partial charge in [-0.05, 0) is 42.5 Å². The molecule has 28 heavy (non-hydrogen) atoms. The van der Waals surface area contributed by atoms with Gasteiger partial charge in [0, 0.05) is 28.7 Å². The molecule has 138 valence electrons. The van der Waals surface area contributed by atoms with Crippen LogP contribution >= 0.6 is 0 Å². The van der Waals surface area contributed by atoms with E-state index >= 15 is 0 Å². The van der Waals surface area contributed by atoms with Crippen LogP contribution in [-0.4, -0.2) is 19.9 Å². The SMILES string of the molecule is c1ccc2c(c1)nc(Nc1ccc3cc[nH]c3c1)c1[nH]c(C3CCCC3)nc12. The molecule has 0 spiro atoms. The molecule has 1 aliphatic carbocycles. The van der Waals surface area contributed by atoms with Gasteiger partial charge < -0.3 is 15.3 Å². The molecule has 0 atom stereocenters. The van der Waals surface area contributed by atoms with Gasteiger partial charge in [-0.15, -0.1) is 0 Å². The fourth-order valence-corrected chi connectivity index (χ4v) is 4.45. The first-order valence-electron chi connectivity index (χ1n) is 9.98. The van der Waals surface area contributed by atoms with Crippen molar-refractivity contribution in [3.8, 4) is 0 Å². The smallest absolute Gasteiger partial charge is 0.157 e. The highest BCUT2D eigenvalue weighted by atomic mass is 15.0. The van der Waals surface area contributed by atoms with E-state index in [0.717, 1.165) is 44.8 Å². The van der Waals surface area contributed by atoms with E-state index in [1.54, 1.807) is 0 Å². The minimum Gasteiger partial charge on any atom is -0.361 e. The van der Waals surface area contributed by atoms with Gasteiger partial charge in [-0.25, -0.2) is 9.97 Å². The number of nitrogens with one attached hydrogen (secondary N) is 3. The number of imidazole rings is 1. The molecule has 1 saturated carbocycles. The minimum absolute atomic E-state index is 0.536. The lowest BCUT2D eigenvalue weighted by Gasteiger charge is -2.09. The summed E-state index contributed by atoms with van der Waals surface area (Å²) >= 11 is 0. The fraction of sp³-hybridized carbons (Fsp3) is 0.217. The third kappa shape index (κ3) is 2.47. The molecule has 0 aliphatic heterocycles. The number of hydrogen-bond donors (Lipinski definition) is 3. The molecule has 6 rings (SSSR count). The first-order valence-corrected chi connectivity index (χ1v) is 9.98. The van der Waals surface area contributed by atoms with Crippen molar-refractivity contribution in [3.05, 3.63) is 60.6 Å². The average molecular weight is 367 g/mol. The van der Waals surface area contributed by atoms with Gasteiger partial charge in [0.15, 0.2) is 5.82 Å². The molecular formula is C23H21N5. The second-order valence-electron chi connectivity index (χ2n) is 7.71. The Hall–Kier alpha value is -3.34. The number of pyridine rings is 1. The largest absolute Gasteiger partial charge is 0.361 e. The van der Waals surface area contributed by atoms with Gasteiger partial charge in [0.05, 0.1) is 5.52 Å². The van der Waals surface area contributed by atoms with Crippen LogP contribution in [-0.2, 0) is 0 Å². The molecule has 0 radical (unpaired) electrons. The summed E-state index contributed by atoms with van der Waals surface area (Å²) in [5.74, 6) is 2.47. The van der Waals surface area contributed by atoms with E-state index in [1.807, 2.05) is 12.3 Å². The molecule has 5 aromatic rings. The monoisotopic (exact) mass is 367 g/mol. The van der Waals surface area contributed by atoms with Gasteiger partial charge >= 0.3 is 0 Å². The van der Waals surface area contributed by atoms with Crippen molar-refractivity contribution in [2.75, 3.05) is 5.32 Å². The maximum Gasteiger partial charge on any atom is 0.157 e. The summed E-state index contributed by atoms with van der Waals surface area (Å²) < 4.78 is 0. The average Bonchev–Trinajstić information content (AvgIpc) is 3.47. The molecule has 0 amide bonds. The topological polar surface area (TPSA) is 69.4 Å². The van der Waals surface area contributed by atoms with Crippen LogP contribution in [0.3, 0.4) is 0 Å². The molecule has 1 aliphatic rings. The standard InChI is InChI=1S/C23H21N5/c1-2-6-15(5-1)22-27-20-17-7-3-4-8-18(17)26-23(21(20)28-22)25-16-10-9-14-11-12-24-19(14)13-16/h3-4,7-13,15,24H,1-2,5-6H2,(H,25,26)(H,27,28). The van der Waals surface area contributed by atoms with E-state index in [-0.39, 0.29) is 0 Å². The van der Waals surface area contributed by atoms with E-state index < -0.39 is 0 Å². The zero-order valence-electron chi connectivity index (χ0n) is 15.5. The quantitative estimate of drug-likeness (QED) is 0.367. The van der Waals surface area contributed by atoms with Crippen molar-refractivity contribution in [1.82, 2.24) is 19.9 Å². The van der Waals surface area contributed by atoms with Gasteiger partial charge in [0.1, 0.15) is 16.9 Å².